The second-order valence-electron chi connectivity index (χ2n) is 2.93. The van der Waals surface area contributed by atoms with E-state index in [4.69, 9.17) is 5.26 Å². The van der Waals surface area contributed by atoms with Gasteiger partial charge >= 0.3 is 0 Å². The smallest absolute Gasteiger partial charge is 0.146 e. The molecule has 0 atom stereocenters. The van der Waals surface area contributed by atoms with Crippen LogP contribution in [0.5, 0.6) is 0 Å². The molecule has 2 heteroatoms. The minimum absolute atomic E-state index is 0.611. The lowest BCUT2D eigenvalue weighted by Crippen LogP contribution is -1.83. The van der Waals surface area contributed by atoms with E-state index < -0.39 is 0 Å². The van der Waals surface area contributed by atoms with Crippen molar-refractivity contribution in [2.75, 3.05) is 0 Å². The summed E-state index contributed by atoms with van der Waals surface area (Å²) >= 11 is 0. The topological polar surface area (TPSA) is 40.9 Å². The highest BCUT2D eigenvalue weighted by molar-refractivity contribution is 5.81. The van der Waals surface area contributed by atoms with Gasteiger partial charge in [0.15, 0.2) is 0 Å². The Hall–Kier alpha value is -1.88. The second kappa shape index (κ2) is 4.98. The maximum absolute atomic E-state index is 10.6. The molecule has 0 unspecified atom stereocenters. The van der Waals surface area contributed by atoms with Crippen LogP contribution in [0.25, 0.3) is 6.08 Å². The first-order chi connectivity index (χ1) is 6.80. The fourth-order valence-corrected chi connectivity index (χ4v) is 1.13. The lowest BCUT2D eigenvalue weighted by atomic mass is 10.1. The largest absolute Gasteiger partial charge is 0.298 e. The Morgan fingerprint density at radius 2 is 2.36 bits per heavy atom. The van der Waals surface area contributed by atoms with Gasteiger partial charge in [-0.25, -0.2) is 0 Å². The summed E-state index contributed by atoms with van der Waals surface area (Å²) in [5, 5.41) is 8.67. The number of nitrogens with zero attached hydrogens (tertiary/aromatic N) is 1. The van der Waals surface area contributed by atoms with E-state index >= 15 is 0 Å². The number of hydrogen-bond acceptors (Lipinski definition) is 2. The highest BCUT2D eigenvalue weighted by Gasteiger charge is 1.94. The maximum atomic E-state index is 10.6. The van der Waals surface area contributed by atoms with E-state index in [0.29, 0.717) is 12.0 Å². The van der Waals surface area contributed by atoms with Crippen molar-refractivity contribution in [3.05, 3.63) is 41.0 Å². The van der Waals surface area contributed by atoms with Crippen LogP contribution in [0.1, 0.15) is 24.5 Å². The third kappa shape index (κ3) is 2.56. The van der Waals surface area contributed by atoms with Crippen LogP contribution in [-0.2, 0) is 4.79 Å². The zero-order valence-electron chi connectivity index (χ0n) is 8.03. The fourth-order valence-electron chi connectivity index (χ4n) is 1.13. The predicted octanol–water partition coefficient (Wildman–Crippen LogP) is 2.55. The van der Waals surface area contributed by atoms with Gasteiger partial charge in [-0.05, 0) is 35.8 Å². The summed E-state index contributed by atoms with van der Waals surface area (Å²) in [5.74, 6) is 0. The Morgan fingerprint density at radius 3 is 2.93 bits per heavy atom. The molecule has 1 rings (SSSR count). The third-order valence-electron chi connectivity index (χ3n) is 1.93. The van der Waals surface area contributed by atoms with E-state index in [1.165, 1.54) is 0 Å². The molecule has 0 aromatic heterocycles. The standard InChI is InChI=1S/C12H11NO/c1-2-10(9-14)6-11-4-3-5-12(7-11)8-13/h3-7,9H,2H2,1H3. The Bertz CT molecular complexity index is 399. The fraction of sp³-hybridized carbons (Fsp3) is 0.167. The molecule has 0 aliphatic rings. The number of benzene rings is 1. The molecule has 0 bridgehead atoms. The van der Waals surface area contributed by atoms with Gasteiger partial charge in [0.1, 0.15) is 6.29 Å². The van der Waals surface area contributed by atoms with Gasteiger partial charge in [-0.3, -0.25) is 4.79 Å². The minimum atomic E-state index is 0.611. The molecular formula is C12H11NO. The van der Waals surface area contributed by atoms with Gasteiger partial charge in [-0.1, -0.05) is 19.1 Å². The number of allylic oxidation sites excluding steroid dienone is 1. The highest BCUT2D eigenvalue weighted by Crippen LogP contribution is 2.09. The normalized spacial score (nSPS) is 10.7. The third-order valence-corrected chi connectivity index (χ3v) is 1.93. The summed E-state index contributed by atoms with van der Waals surface area (Å²) in [6, 6.07) is 9.25. The van der Waals surface area contributed by atoms with Crippen LogP contribution in [0.15, 0.2) is 29.8 Å². The van der Waals surface area contributed by atoms with E-state index in [1.54, 1.807) is 18.2 Å². The van der Waals surface area contributed by atoms with Crippen molar-refractivity contribution < 1.29 is 4.79 Å². The summed E-state index contributed by atoms with van der Waals surface area (Å²) < 4.78 is 0. The molecule has 0 spiro atoms. The minimum Gasteiger partial charge on any atom is -0.298 e. The average Bonchev–Trinajstić information content (AvgIpc) is 2.26. The van der Waals surface area contributed by atoms with E-state index in [2.05, 4.69) is 6.07 Å². The van der Waals surface area contributed by atoms with Gasteiger partial charge in [0.05, 0.1) is 11.6 Å². The van der Waals surface area contributed by atoms with Crippen LogP contribution in [0.3, 0.4) is 0 Å². The van der Waals surface area contributed by atoms with Crippen LogP contribution in [-0.4, -0.2) is 6.29 Å². The monoisotopic (exact) mass is 185 g/mol. The number of hydrogen-bond donors (Lipinski definition) is 0. The van der Waals surface area contributed by atoms with Crippen molar-refractivity contribution in [1.29, 1.82) is 5.26 Å². The van der Waals surface area contributed by atoms with Crippen LogP contribution < -0.4 is 0 Å². The SMILES string of the molecule is CCC(C=O)=Cc1cccc(C#N)c1. The predicted molar refractivity (Wildman–Crippen MR) is 55.5 cm³/mol. The van der Waals surface area contributed by atoms with E-state index in [9.17, 15) is 4.79 Å². The first-order valence-corrected chi connectivity index (χ1v) is 4.46. The zero-order valence-corrected chi connectivity index (χ0v) is 8.03. The zero-order chi connectivity index (χ0) is 10.4. The summed E-state index contributed by atoms with van der Waals surface area (Å²) in [6.45, 7) is 1.92. The Balaban J connectivity index is 3.03. The number of aldehydes is 1. The summed E-state index contributed by atoms with van der Waals surface area (Å²) in [4.78, 5) is 10.6. The molecule has 0 aliphatic carbocycles. The average molecular weight is 185 g/mol. The molecule has 0 N–H and O–H groups in total. The van der Waals surface area contributed by atoms with Crippen molar-refractivity contribution in [3.8, 4) is 6.07 Å². The number of nitriles is 1. The maximum Gasteiger partial charge on any atom is 0.146 e. The van der Waals surface area contributed by atoms with Crippen molar-refractivity contribution in [2.24, 2.45) is 0 Å². The van der Waals surface area contributed by atoms with Gasteiger partial charge in [-0.2, -0.15) is 5.26 Å². The molecule has 0 radical (unpaired) electrons. The van der Waals surface area contributed by atoms with E-state index in [0.717, 1.165) is 17.4 Å². The quantitative estimate of drug-likeness (QED) is 0.536. The van der Waals surface area contributed by atoms with Gasteiger partial charge in [-0.15, -0.1) is 0 Å². The molecule has 0 saturated carbocycles. The van der Waals surface area contributed by atoms with Gasteiger partial charge < -0.3 is 0 Å². The van der Waals surface area contributed by atoms with Gasteiger partial charge in [0.25, 0.3) is 0 Å². The second-order valence-corrected chi connectivity index (χ2v) is 2.93. The van der Waals surface area contributed by atoms with Crippen molar-refractivity contribution in [3.63, 3.8) is 0 Å². The molecule has 0 amide bonds. The van der Waals surface area contributed by atoms with Gasteiger partial charge in [0, 0.05) is 0 Å². The summed E-state index contributed by atoms with van der Waals surface area (Å²) in [5.41, 5.74) is 2.24. The lowest BCUT2D eigenvalue weighted by Gasteiger charge is -1.96. The molecular weight excluding hydrogens is 174 g/mol. The van der Waals surface area contributed by atoms with Crippen LogP contribution in [0, 0.1) is 11.3 Å². The molecule has 0 aliphatic heterocycles. The molecule has 0 saturated heterocycles. The van der Waals surface area contributed by atoms with Crippen molar-refractivity contribution >= 4 is 12.4 Å². The Kier molecular flexibility index (Phi) is 3.63. The number of carbonyl (C=O) groups is 1. The Labute approximate surface area is 83.5 Å². The molecule has 2 nitrogen and oxygen atoms in total. The summed E-state index contributed by atoms with van der Waals surface area (Å²) in [6.07, 6.45) is 3.35. The number of carbonyl (C=O) groups excluding carboxylic acids is 1. The van der Waals surface area contributed by atoms with Crippen LogP contribution >= 0.6 is 0 Å². The number of rotatable bonds is 3. The summed E-state index contributed by atoms with van der Waals surface area (Å²) in [7, 11) is 0. The molecule has 0 heterocycles. The van der Waals surface area contributed by atoms with Crippen LogP contribution in [0.4, 0.5) is 0 Å². The Morgan fingerprint density at radius 1 is 1.57 bits per heavy atom. The molecule has 70 valence electrons. The first kappa shape index (κ1) is 10.2. The molecule has 1 aromatic rings. The van der Waals surface area contributed by atoms with Gasteiger partial charge in [0.2, 0.25) is 0 Å². The van der Waals surface area contributed by atoms with Crippen LogP contribution in [0.2, 0.25) is 0 Å². The molecule has 14 heavy (non-hydrogen) atoms. The first-order valence-electron chi connectivity index (χ1n) is 4.46. The van der Waals surface area contributed by atoms with E-state index in [-0.39, 0.29) is 0 Å². The molecule has 0 fully saturated rings. The highest BCUT2D eigenvalue weighted by atomic mass is 16.1. The van der Waals surface area contributed by atoms with Crippen molar-refractivity contribution in [2.45, 2.75) is 13.3 Å². The lowest BCUT2D eigenvalue weighted by molar-refractivity contribution is -0.104. The molecule has 1 aromatic carbocycles. The van der Waals surface area contributed by atoms with Crippen molar-refractivity contribution in [1.82, 2.24) is 0 Å². The van der Waals surface area contributed by atoms with E-state index in [1.807, 2.05) is 19.1 Å².